The van der Waals surface area contributed by atoms with Crippen molar-refractivity contribution in [3.05, 3.63) is 108 Å². The second kappa shape index (κ2) is 14.8. The summed E-state index contributed by atoms with van der Waals surface area (Å²) in [7, 11) is -1.34. The number of benzene rings is 2. The van der Waals surface area contributed by atoms with Crippen LogP contribution in [0.3, 0.4) is 0 Å². The fourth-order valence-electron chi connectivity index (χ4n) is 5.61. The van der Waals surface area contributed by atoms with E-state index in [2.05, 4.69) is 106 Å². The molecular weight excluding hydrogens is 747 g/mol. The van der Waals surface area contributed by atoms with Gasteiger partial charge in [-0.1, -0.05) is 81.5 Å². The number of pyridine rings is 3. The smallest absolute Gasteiger partial charge is 0.216 e. The van der Waals surface area contributed by atoms with Gasteiger partial charge in [0.15, 0.2) is 0 Å². The Labute approximate surface area is 283 Å². The van der Waals surface area contributed by atoms with Crippen LogP contribution in [0.25, 0.3) is 44.6 Å². The molecule has 45 heavy (non-hydrogen) atoms. The first-order valence-electron chi connectivity index (χ1n) is 15.6. The number of rotatable bonds is 7. The van der Waals surface area contributed by atoms with Gasteiger partial charge in [-0.3, -0.25) is 0 Å². The summed E-state index contributed by atoms with van der Waals surface area (Å²) in [6, 6.07) is 27.0. The van der Waals surface area contributed by atoms with E-state index in [1.807, 2.05) is 48.7 Å². The SMILES string of the molecule is CC(C)Cc1cc(-c2[c-]cccc2)ncc1[Si](C)(C)C.Cc1cnc(-c2[c-]ccc3c2oc2ncccc23)cc1CC(C)C.[Ir]. The van der Waals surface area contributed by atoms with Crippen LogP contribution in [0, 0.1) is 30.9 Å². The van der Waals surface area contributed by atoms with E-state index in [1.165, 1.54) is 21.9 Å². The van der Waals surface area contributed by atoms with E-state index in [4.69, 9.17) is 4.42 Å². The molecule has 0 amide bonds. The largest absolute Gasteiger partial charge is 0.486 e. The van der Waals surface area contributed by atoms with Gasteiger partial charge in [-0.25, -0.2) is 4.98 Å². The summed E-state index contributed by atoms with van der Waals surface area (Å²) < 4.78 is 6.01. The quantitative estimate of drug-likeness (QED) is 0.120. The summed E-state index contributed by atoms with van der Waals surface area (Å²) in [4.78, 5) is 13.6. The minimum Gasteiger partial charge on any atom is -0.486 e. The fourth-order valence-corrected chi connectivity index (χ4v) is 7.20. The van der Waals surface area contributed by atoms with Crippen LogP contribution in [0.1, 0.15) is 44.4 Å². The fraction of sp³-hybridized carbons (Fsp3) is 0.308. The Bertz CT molecular complexity index is 1870. The molecule has 2 aromatic carbocycles. The van der Waals surface area contributed by atoms with Crippen molar-refractivity contribution >= 4 is 35.3 Å². The molecule has 0 bridgehead atoms. The van der Waals surface area contributed by atoms with E-state index in [0.29, 0.717) is 17.5 Å². The third-order valence-corrected chi connectivity index (χ3v) is 9.79. The predicted octanol–water partition coefficient (Wildman–Crippen LogP) is 9.64. The van der Waals surface area contributed by atoms with Crippen LogP contribution in [0.2, 0.25) is 19.6 Å². The molecule has 1 radical (unpaired) electrons. The molecule has 6 heteroatoms. The average Bonchev–Trinajstić information content (AvgIpc) is 3.37. The van der Waals surface area contributed by atoms with E-state index in [0.717, 1.165) is 51.7 Å². The van der Waals surface area contributed by atoms with Crippen molar-refractivity contribution in [3.63, 3.8) is 0 Å². The Kier molecular flexibility index (Phi) is 11.3. The van der Waals surface area contributed by atoms with Crippen LogP contribution < -0.4 is 5.19 Å². The summed E-state index contributed by atoms with van der Waals surface area (Å²) in [6.07, 6.45) is 7.97. The zero-order valence-electron chi connectivity index (χ0n) is 27.7. The third kappa shape index (κ3) is 8.24. The summed E-state index contributed by atoms with van der Waals surface area (Å²) in [5.41, 5.74) is 9.42. The summed E-state index contributed by atoms with van der Waals surface area (Å²) in [5.74, 6) is 1.27. The number of aryl methyl sites for hydroxylation is 1. The molecule has 4 nitrogen and oxygen atoms in total. The zero-order valence-corrected chi connectivity index (χ0v) is 31.1. The Morgan fingerprint density at radius 1 is 0.756 bits per heavy atom. The molecule has 6 aromatic rings. The average molecular weight is 790 g/mol. The summed E-state index contributed by atoms with van der Waals surface area (Å²) in [6.45, 7) is 18.3. The Hall–Kier alpha value is -3.44. The molecule has 0 aliphatic carbocycles. The molecule has 235 valence electrons. The normalized spacial score (nSPS) is 11.5. The molecule has 0 saturated carbocycles. The first-order valence-corrected chi connectivity index (χ1v) is 19.1. The maximum Gasteiger partial charge on any atom is 0.216 e. The third-order valence-electron chi connectivity index (χ3n) is 7.72. The zero-order chi connectivity index (χ0) is 31.4. The molecule has 0 saturated heterocycles. The van der Waals surface area contributed by atoms with Gasteiger partial charge in [0.05, 0.1) is 13.7 Å². The van der Waals surface area contributed by atoms with Crippen molar-refractivity contribution in [2.75, 3.05) is 0 Å². The Balaban J connectivity index is 0.000000204. The van der Waals surface area contributed by atoms with Gasteiger partial charge < -0.3 is 14.4 Å². The van der Waals surface area contributed by atoms with Crippen LogP contribution in [-0.4, -0.2) is 23.0 Å². The van der Waals surface area contributed by atoms with Gasteiger partial charge in [-0.2, -0.15) is 0 Å². The van der Waals surface area contributed by atoms with Gasteiger partial charge >= 0.3 is 0 Å². The van der Waals surface area contributed by atoms with E-state index >= 15 is 0 Å². The van der Waals surface area contributed by atoms with E-state index in [9.17, 15) is 0 Å². The minimum absolute atomic E-state index is 0. The van der Waals surface area contributed by atoms with Crippen molar-refractivity contribution in [2.24, 2.45) is 11.8 Å². The summed E-state index contributed by atoms with van der Waals surface area (Å²) in [5, 5.41) is 3.57. The minimum atomic E-state index is -1.34. The standard InChI is InChI=1S/C21H19N2O.C18H24NSi.Ir/c1-13(2)10-15-11-19(23-12-14(15)3)18-7-4-6-16-17-8-5-9-22-21(17)24-20(16)18;1-14(2)11-16-12-17(15-9-7-6-8-10-15)19-13-18(16)20(3,4)5;/h4-6,8-9,11-13H,10H2,1-3H3;6-9,12-14H,11H2,1-5H3;/q2*-1;. The molecule has 4 aromatic heterocycles. The molecule has 0 aliphatic heterocycles. The van der Waals surface area contributed by atoms with Gasteiger partial charge in [-0.15, -0.1) is 54.1 Å². The van der Waals surface area contributed by atoms with Crippen molar-refractivity contribution in [3.8, 4) is 22.5 Å². The summed E-state index contributed by atoms with van der Waals surface area (Å²) >= 11 is 0. The van der Waals surface area contributed by atoms with E-state index in [1.54, 1.807) is 6.20 Å². The number of fused-ring (bicyclic) bond motifs is 3. The van der Waals surface area contributed by atoms with Gasteiger partial charge in [0.25, 0.3) is 0 Å². The molecule has 0 N–H and O–H groups in total. The second-order valence-corrected chi connectivity index (χ2v) is 18.5. The molecular formula is C39H43IrN3OSi-2. The van der Waals surface area contributed by atoms with Crippen molar-refractivity contribution < 1.29 is 24.5 Å². The number of hydrogen-bond donors (Lipinski definition) is 0. The van der Waals surface area contributed by atoms with Crippen LogP contribution in [-0.2, 0) is 32.9 Å². The van der Waals surface area contributed by atoms with Crippen LogP contribution in [0.15, 0.2) is 83.7 Å². The van der Waals surface area contributed by atoms with Gasteiger partial charge in [0.1, 0.15) is 0 Å². The Morgan fingerprint density at radius 2 is 1.47 bits per heavy atom. The van der Waals surface area contributed by atoms with Crippen LogP contribution >= 0.6 is 0 Å². The molecule has 6 rings (SSSR count). The molecule has 0 aliphatic rings. The predicted molar refractivity (Wildman–Crippen MR) is 187 cm³/mol. The molecule has 0 spiro atoms. The number of hydrogen-bond acceptors (Lipinski definition) is 4. The molecule has 4 heterocycles. The second-order valence-electron chi connectivity index (χ2n) is 13.5. The van der Waals surface area contributed by atoms with Gasteiger partial charge in [-0.05, 0) is 65.9 Å². The van der Waals surface area contributed by atoms with E-state index in [-0.39, 0.29) is 20.1 Å². The maximum atomic E-state index is 6.01. The van der Waals surface area contributed by atoms with Gasteiger partial charge in [0, 0.05) is 44.1 Å². The maximum absolute atomic E-state index is 6.01. The van der Waals surface area contributed by atoms with E-state index < -0.39 is 8.07 Å². The topological polar surface area (TPSA) is 51.8 Å². The number of aromatic nitrogens is 3. The first-order chi connectivity index (χ1) is 21.0. The van der Waals surface area contributed by atoms with Crippen molar-refractivity contribution in [1.29, 1.82) is 0 Å². The first kappa shape index (κ1) is 34.4. The monoisotopic (exact) mass is 790 g/mol. The van der Waals surface area contributed by atoms with Gasteiger partial charge in [0.2, 0.25) is 5.71 Å². The van der Waals surface area contributed by atoms with Crippen molar-refractivity contribution in [2.45, 2.75) is 67.1 Å². The number of nitrogens with zero attached hydrogens (tertiary/aromatic N) is 3. The van der Waals surface area contributed by atoms with Crippen LogP contribution in [0.4, 0.5) is 0 Å². The molecule has 0 unspecified atom stereocenters. The molecule has 0 fully saturated rings. The number of furan rings is 1. The van der Waals surface area contributed by atoms with Crippen LogP contribution in [0.5, 0.6) is 0 Å². The molecule has 0 atom stereocenters. The van der Waals surface area contributed by atoms with Crippen molar-refractivity contribution in [1.82, 2.24) is 15.0 Å². The Morgan fingerprint density at radius 3 is 2.16 bits per heavy atom.